The van der Waals surface area contributed by atoms with E-state index in [-0.39, 0.29) is 0 Å². The number of hydrogen-bond acceptors (Lipinski definition) is 5. The number of aromatic nitrogens is 1. The maximum atomic E-state index is 5.23. The van der Waals surface area contributed by atoms with E-state index in [1.165, 1.54) is 4.88 Å². The van der Waals surface area contributed by atoms with Gasteiger partial charge in [-0.1, -0.05) is 0 Å². The average Bonchev–Trinajstić information content (AvgIpc) is 2.66. The van der Waals surface area contributed by atoms with E-state index in [9.17, 15) is 0 Å². The fraction of sp³-hybridized carbons (Fsp3) is 0.700. The van der Waals surface area contributed by atoms with E-state index in [1.54, 1.807) is 11.3 Å². The van der Waals surface area contributed by atoms with Crippen LogP contribution in [0.1, 0.15) is 11.8 Å². The first-order valence-corrected chi connectivity index (χ1v) is 5.96. The quantitative estimate of drug-likeness (QED) is 0.716. The molecule has 1 heterocycles. The Morgan fingerprint density at radius 2 is 2.33 bits per heavy atom. The van der Waals surface area contributed by atoms with Crippen molar-refractivity contribution in [2.24, 2.45) is 0 Å². The van der Waals surface area contributed by atoms with Crippen molar-refractivity contribution in [3.8, 4) is 0 Å². The number of anilines is 1. The molecule has 1 aromatic rings. The maximum absolute atomic E-state index is 5.23. The molecule has 0 unspecified atom stereocenters. The lowest BCUT2D eigenvalue weighted by Gasteiger charge is -2.05. The predicted molar refractivity (Wildman–Crippen MR) is 64.6 cm³/mol. The maximum Gasteiger partial charge on any atom is 0.185 e. The van der Waals surface area contributed by atoms with Gasteiger partial charge in [0, 0.05) is 44.9 Å². The van der Waals surface area contributed by atoms with Gasteiger partial charge in [0.2, 0.25) is 0 Å². The Morgan fingerprint density at radius 1 is 1.53 bits per heavy atom. The molecule has 0 aliphatic heterocycles. The van der Waals surface area contributed by atoms with Crippen molar-refractivity contribution in [2.75, 3.05) is 38.8 Å². The summed E-state index contributed by atoms with van der Waals surface area (Å²) in [6, 6.07) is 0. The summed E-state index contributed by atoms with van der Waals surface area (Å²) in [6.07, 6.45) is 1.92. The van der Waals surface area contributed by atoms with Gasteiger partial charge in [-0.2, -0.15) is 0 Å². The first kappa shape index (κ1) is 12.4. The molecule has 0 saturated heterocycles. The minimum atomic E-state index is 0.774. The number of rotatable bonds is 7. The van der Waals surface area contributed by atoms with Crippen LogP contribution >= 0.6 is 11.3 Å². The molecule has 4 nitrogen and oxygen atoms in total. The topological polar surface area (TPSA) is 37.4 Å². The second-order valence-electron chi connectivity index (χ2n) is 3.38. The first-order chi connectivity index (χ1) is 7.24. The highest BCUT2D eigenvalue weighted by molar-refractivity contribution is 7.15. The van der Waals surface area contributed by atoms with Crippen LogP contribution in [0.15, 0.2) is 6.20 Å². The number of nitrogens with zero attached hydrogens (tertiary/aromatic N) is 2. The summed E-state index contributed by atoms with van der Waals surface area (Å²) in [6.45, 7) is 5.33. The number of ether oxygens (including phenoxy) is 1. The lowest BCUT2D eigenvalue weighted by molar-refractivity contribution is 0.149. The van der Waals surface area contributed by atoms with Crippen molar-refractivity contribution in [3.63, 3.8) is 0 Å². The smallest absolute Gasteiger partial charge is 0.185 e. The van der Waals surface area contributed by atoms with Crippen LogP contribution in [0, 0.1) is 0 Å². The Hall–Kier alpha value is -0.650. The number of hydrogen-bond donors (Lipinski definition) is 1. The molecule has 0 aliphatic rings. The van der Waals surface area contributed by atoms with Crippen LogP contribution in [0.5, 0.6) is 0 Å². The van der Waals surface area contributed by atoms with Gasteiger partial charge < -0.3 is 15.0 Å². The lowest BCUT2D eigenvalue weighted by Crippen LogP contribution is -2.18. The van der Waals surface area contributed by atoms with Crippen LogP contribution in [-0.2, 0) is 11.3 Å². The zero-order valence-corrected chi connectivity index (χ0v) is 10.4. The predicted octanol–water partition coefficient (Wildman–Crippen LogP) is 1.34. The van der Waals surface area contributed by atoms with E-state index in [0.717, 1.165) is 31.4 Å². The molecule has 0 atom stereocenters. The van der Waals surface area contributed by atoms with Crippen LogP contribution < -0.4 is 10.2 Å². The minimum Gasteiger partial charge on any atom is -0.380 e. The Morgan fingerprint density at radius 3 is 2.93 bits per heavy atom. The van der Waals surface area contributed by atoms with Gasteiger partial charge in [-0.05, 0) is 6.92 Å². The Kier molecular flexibility index (Phi) is 5.60. The van der Waals surface area contributed by atoms with E-state index >= 15 is 0 Å². The van der Waals surface area contributed by atoms with E-state index in [4.69, 9.17) is 4.74 Å². The first-order valence-electron chi connectivity index (χ1n) is 5.14. The van der Waals surface area contributed by atoms with Crippen LogP contribution in [0.4, 0.5) is 5.13 Å². The summed E-state index contributed by atoms with van der Waals surface area (Å²) in [7, 11) is 4.01. The Labute approximate surface area is 95.3 Å². The summed E-state index contributed by atoms with van der Waals surface area (Å²) >= 11 is 1.72. The molecule has 5 heteroatoms. The zero-order chi connectivity index (χ0) is 11.1. The van der Waals surface area contributed by atoms with E-state index in [2.05, 4.69) is 10.3 Å². The zero-order valence-electron chi connectivity index (χ0n) is 9.62. The van der Waals surface area contributed by atoms with Crippen LogP contribution in [0.25, 0.3) is 0 Å². The van der Waals surface area contributed by atoms with Crippen LogP contribution in [-0.4, -0.2) is 38.8 Å². The van der Waals surface area contributed by atoms with Crippen LogP contribution in [0.3, 0.4) is 0 Å². The fourth-order valence-electron chi connectivity index (χ4n) is 1.09. The highest BCUT2D eigenvalue weighted by atomic mass is 32.1. The lowest BCUT2D eigenvalue weighted by atomic mass is 10.5. The normalized spacial score (nSPS) is 10.6. The molecule has 0 fully saturated rings. The number of thiazole rings is 1. The molecule has 0 bridgehead atoms. The van der Waals surface area contributed by atoms with Crippen molar-refractivity contribution in [1.82, 2.24) is 10.3 Å². The highest BCUT2D eigenvalue weighted by Gasteiger charge is 2.02. The highest BCUT2D eigenvalue weighted by Crippen LogP contribution is 2.19. The van der Waals surface area contributed by atoms with Gasteiger partial charge in [-0.3, -0.25) is 0 Å². The molecule has 1 rings (SSSR count). The van der Waals surface area contributed by atoms with Crippen molar-refractivity contribution in [3.05, 3.63) is 11.1 Å². The molecule has 15 heavy (non-hydrogen) atoms. The average molecular weight is 229 g/mol. The van der Waals surface area contributed by atoms with Crippen LogP contribution in [0.2, 0.25) is 0 Å². The van der Waals surface area contributed by atoms with E-state index in [1.807, 2.05) is 32.1 Å². The van der Waals surface area contributed by atoms with E-state index in [0.29, 0.717) is 0 Å². The van der Waals surface area contributed by atoms with Gasteiger partial charge in [0.15, 0.2) is 5.13 Å². The largest absolute Gasteiger partial charge is 0.380 e. The number of nitrogens with one attached hydrogen (secondary N) is 1. The summed E-state index contributed by atoms with van der Waals surface area (Å²) in [4.78, 5) is 7.59. The third-order valence-electron chi connectivity index (χ3n) is 1.85. The molecule has 0 spiro atoms. The monoisotopic (exact) mass is 229 g/mol. The molecule has 0 radical (unpaired) electrons. The standard InChI is InChI=1S/C10H19N3OS/c1-4-14-6-5-11-7-9-8-12-10(15-9)13(2)3/h8,11H,4-7H2,1-3H3. The van der Waals surface area contributed by atoms with Gasteiger partial charge >= 0.3 is 0 Å². The molecule has 86 valence electrons. The molecular formula is C10H19N3OS. The molecule has 0 saturated carbocycles. The summed E-state index contributed by atoms with van der Waals surface area (Å²) in [5, 5.41) is 4.37. The summed E-state index contributed by atoms with van der Waals surface area (Å²) in [5.74, 6) is 0. The van der Waals surface area contributed by atoms with Gasteiger partial charge in [0.05, 0.1) is 6.61 Å². The second-order valence-corrected chi connectivity index (χ2v) is 4.47. The Bertz CT molecular complexity index is 275. The van der Waals surface area contributed by atoms with Gasteiger partial charge in [0.25, 0.3) is 0 Å². The molecule has 1 N–H and O–H groups in total. The minimum absolute atomic E-state index is 0.774. The molecular weight excluding hydrogens is 210 g/mol. The summed E-state index contributed by atoms with van der Waals surface area (Å²) in [5.41, 5.74) is 0. The molecule has 0 amide bonds. The fourth-order valence-corrected chi connectivity index (χ4v) is 1.89. The van der Waals surface area contributed by atoms with Gasteiger partial charge in [0.1, 0.15) is 0 Å². The van der Waals surface area contributed by atoms with Gasteiger partial charge in [-0.15, -0.1) is 11.3 Å². The Balaban J connectivity index is 2.20. The molecule has 0 aromatic carbocycles. The molecule has 0 aliphatic carbocycles. The SMILES string of the molecule is CCOCCNCc1cnc(N(C)C)s1. The van der Waals surface area contributed by atoms with E-state index < -0.39 is 0 Å². The van der Waals surface area contributed by atoms with Crippen molar-refractivity contribution in [2.45, 2.75) is 13.5 Å². The van der Waals surface area contributed by atoms with Crippen molar-refractivity contribution in [1.29, 1.82) is 0 Å². The van der Waals surface area contributed by atoms with Crippen molar-refractivity contribution >= 4 is 16.5 Å². The van der Waals surface area contributed by atoms with Crippen molar-refractivity contribution < 1.29 is 4.74 Å². The second kappa shape index (κ2) is 6.76. The summed E-state index contributed by atoms with van der Waals surface area (Å²) < 4.78 is 5.23. The van der Waals surface area contributed by atoms with Gasteiger partial charge in [-0.25, -0.2) is 4.98 Å². The third-order valence-corrected chi connectivity index (χ3v) is 3.02. The molecule has 1 aromatic heterocycles. The third kappa shape index (κ3) is 4.59.